The summed E-state index contributed by atoms with van der Waals surface area (Å²) < 4.78 is 6.91. The number of hydrogen-bond donors (Lipinski definition) is 1. The van der Waals surface area contributed by atoms with E-state index in [9.17, 15) is 4.79 Å². The van der Waals surface area contributed by atoms with Crippen LogP contribution in [-0.4, -0.2) is 28.7 Å². The molecule has 1 saturated carbocycles. The highest BCUT2D eigenvalue weighted by Gasteiger charge is 2.29. The van der Waals surface area contributed by atoms with E-state index in [0.29, 0.717) is 0 Å². The molecule has 1 heterocycles. The summed E-state index contributed by atoms with van der Waals surface area (Å²) >= 11 is 0. The Bertz CT molecular complexity index is 627. The lowest BCUT2D eigenvalue weighted by molar-refractivity contribution is 0.0486. The molecule has 1 aromatic carbocycles. The fraction of sp³-hybridized carbons (Fsp3) is 0.467. The molecule has 0 bridgehead atoms. The lowest BCUT2D eigenvalue weighted by Crippen LogP contribution is -2.29. The van der Waals surface area contributed by atoms with Gasteiger partial charge in [0.1, 0.15) is 0 Å². The summed E-state index contributed by atoms with van der Waals surface area (Å²) in [6.45, 7) is 0. The number of benzene rings is 1. The van der Waals surface area contributed by atoms with Crippen molar-refractivity contribution in [1.29, 1.82) is 0 Å². The van der Waals surface area contributed by atoms with E-state index in [1.54, 1.807) is 11.7 Å². The second-order valence-electron chi connectivity index (χ2n) is 5.34. The van der Waals surface area contributed by atoms with Crippen LogP contribution in [0.15, 0.2) is 24.3 Å². The number of aromatic nitrogens is 2. The molecule has 20 heavy (non-hydrogen) atoms. The van der Waals surface area contributed by atoms with Gasteiger partial charge in [0.05, 0.1) is 17.1 Å². The molecule has 5 nitrogen and oxygen atoms in total. The fourth-order valence-electron chi connectivity index (χ4n) is 3.00. The maximum absolute atomic E-state index is 12.7. The minimum Gasteiger partial charge on any atom is -0.381 e. The maximum atomic E-state index is 12.7. The van der Waals surface area contributed by atoms with Crippen LogP contribution in [0.25, 0.3) is 11.0 Å². The van der Waals surface area contributed by atoms with Crippen molar-refractivity contribution in [3.8, 4) is 0 Å². The van der Waals surface area contributed by atoms with Gasteiger partial charge in [0.15, 0.2) is 0 Å². The topological polar surface area (TPSA) is 70.1 Å². The number of anilines is 1. The molecular weight excluding hydrogens is 254 g/mol. The first-order valence-corrected chi connectivity index (χ1v) is 7.00. The molecule has 3 rings (SSSR count). The predicted molar refractivity (Wildman–Crippen MR) is 77.5 cm³/mol. The van der Waals surface area contributed by atoms with Crippen LogP contribution in [0.5, 0.6) is 0 Å². The van der Waals surface area contributed by atoms with Gasteiger partial charge < -0.3 is 10.5 Å². The van der Waals surface area contributed by atoms with Gasteiger partial charge >= 0.3 is 0 Å². The third-order valence-electron chi connectivity index (χ3n) is 4.16. The number of nitrogens with two attached hydrogens (primary N) is 1. The van der Waals surface area contributed by atoms with E-state index in [0.717, 1.165) is 36.7 Å². The number of carbonyl (C=O) groups excluding carboxylic acids is 1. The summed E-state index contributed by atoms with van der Waals surface area (Å²) in [7, 11) is 1.73. The number of imidazole rings is 1. The molecule has 0 aliphatic heterocycles. The molecule has 0 saturated heterocycles. The van der Waals surface area contributed by atoms with Crippen LogP contribution >= 0.6 is 0 Å². The normalized spacial score (nSPS) is 23.1. The Morgan fingerprint density at radius 2 is 2.00 bits per heavy atom. The van der Waals surface area contributed by atoms with Crippen molar-refractivity contribution in [1.82, 2.24) is 9.55 Å². The van der Waals surface area contributed by atoms with E-state index in [-0.39, 0.29) is 23.9 Å². The van der Waals surface area contributed by atoms with Crippen LogP contribution in [0.1, 0.15) is 30.5 Å². The van der Waals surface area contributed by atoms with Gasteiger partial charge in [-0.25, -0.2) is 9.55 Å². The van der Waals surface area contributed by atoms with E-state index in [1.165, 1.54) is 0 Å². The molecule has 0 radical (unpaired) electrons. The van der Waals surface area contributed by atoms with Crippen LogP contribution in [0, 0.1) is 5.92 Å². The molecule has 106 valence electrons. The van der Waals surface area contributed by atoms with Gasteiger partial charge in [-0.15, -0.1) is 0 Å². The van der Waals surface area contributed by atoms with Crippen molar-refractivity contribution in [3.63, 3.8) is 0 Å². The average Bonchev–Trinajstić information content (AvgIpc) is 2.82. The standard InChI is InChI=1S/C15H19N3O2/c1-20-11-8-6-10(7-9-11)14(19)18-13-5-3-2-4-12(13)17-15(18)16/h2-5,10-11H,6-9H2,1H3,(H2,16,17). The van der Waals surface area contributed by atoms with E-state index in [1.807, 2.05) is 24.3 Å². The minimum absolute atomic E-state index is 0.0151. The van der Waals surface area contributed by atoms with Crippen molar-refractivity contribution in [3.05, 3.63) is 24.3 Å². The summed E-state index contributed by atoms with van der Waals surface area (Å²) in [5, 5.41) is 0. The van der Waals surface area contributed by atoms with Gasteiger partial charge in [-0.2, -0.15) is 0 Å². The Morgan fingerprint density at radius 3 is 2.70 bits per heavy atom. The highest BCUT2D eigenvalue weighted by molar-refractivity contribution is 5.94. The first-order valence-electron chi connectivity index (χ1n) is 7.00. The van der Waals surface area contributed by atoms with Crippen molar-refractivity contribution in [2.45, 2.75) is 31.8 Å². The quantitative estimate of drug-likeness (QED) is 0.912. The van der Waals surface area contributed by atoms with Crippen LogP contribution in [0.2, 0.25) is 0 Å². The van der Waals surface area contributed by atoms with Crippen LogP contribution in [-0.2, 0) is 4.74 Å². The second-order valence-corrected chi connectivity index (χ2v) is 5.34. The summed E-state index contributed by atoms with van der Waals surface area (Å²) in [5.74, 6) is 0.358. The molecule has 5 heteroatoms. The van der Waals surface area contributed by atoms with E-state index in [4.69, 9.17) is 10.5 Å². The third-order valence-corrected chi connectivity index (χ3v) is 4.16. The smallest absolute Gasteiger partial charge is 0.237 e. The molecule has 2 aromatic rings. The number of hydrogen-bond acceptors (Lipinski definition) is 4. The monoisotopic (exact) mass is 273 g/mol. The number of para-hydroxylation sites is 2. The van der Waals surface area contributed by atoms with Crippen molar-refractivity contribution in [2.75, 3.05) is 12.8 Å². The number of rotatable bonds is 2. The van der Waals surface area contributed by atoms with Gasteiger partial charge in [0.2, 0.25) is 11.9 Å². The van der Waals surface area contributed by atoms with Gasteiger partial charge in [0.25, 0.3) is 0 Å². The Balaban J connectivity index is 1.88. The number of nitrogen functional groups attached to an aromatic ring is 1. The number of fused-ring (bicyclic) bond motifs is 1. The summed E-state index contributed by atoms with van der Waals surface area (Å²) in [6, 6.07) is 7.55. The van der Waals surface area contributed by atoms with Gasteiger partial charge in [-0.05, 0) is 37.8 Å². The number of nitrogens with zero attached hydrogens (tertiary/aromatic N) is 2. The van der Waals surface area contributed by atoms with Crippen molar-refractivity contribution in [2.24, 2.45) is 5.92 Å². The van der Waals surface area contributed by atoms with Gasteiger partial charge in [-0.3, -0.25) is 4.79 Å². The molecule has 2 N–H and O–H groups in total. The lowest BCUT2D eigenvalue weighted by Gasteiger charge is -2.26. The van der Waals surface area contributed by atoms with Crippen LogP contribution in [0.3, 0.4) is 0 Å². The zero-order valence-corrected chi connectivity index (χ0v) is 11.6. The van der Waals surface area contributed by atoms with Gasteiger partial charge in [-0.1, -0.05) is 12.1 Å². The second kappa shape index (κ2) is 5.25. The Kier molecular flexibility index (Phi) is 3.44. The van der Waals surface area contributed by atoms with E-state index >= 15 is 0 Å². The molecule has 0 amide bonds. The number of methoxy groups -OCH3 is 1. The third kappa shape index (κ3) is 2.18. The SMILES string of the molecule is COC1CCC(C(=O)n2c(N)nc3ccccc32)CC1. The highest BCUT2D eigenvalue weighted by Crippen LogP contribution is 2.29. The summed E-state index contributed by atoms with van der Waals surface area (Å²) in [4.78, 5) is 16.9. The molecule has 1 aliphatic carbocycles. The van der Waals surface area contributed by atoms with E-state index < -0.39 is 0 Å². The highest BCUT2D eigenvalue weighted by atomic mass is 16.5. The van der Waals surface area contributed by atoms with E-state index in [2.05, 4.69) is 4.98 Å². The zero-order chi connectivity index (χ0) is 14.1. The van der Waals surface area contributed by atoms with Crippen molar-refractivity contribution < 1.29 is 9.53 Å². The fourth-order valence-corrected chi connectivity index (χ4v) is 3.00. The molecule has 1 aliphatic rings. The molecule has 0 unspecified atom stereocenters. The maximum Gasteiger partial charge on any atom is 0.237 e. The molecule has 1 fully saturated rings. The Hall–Kier alpha value is -1.88. The zero-order valence-electron chi connectivity index (χ0n) is 11.6. The number of ether oxygens (including phenoxy) is 1. The molecular formula is C15H19N3O2. The average molecular weight is 273 g/mol. The predicted octanol–water partition coefficient (Wildman–Crippen LogP) is 2.46. The summed E-state index contributed by atoms with van der Waals surface area (Å²) in [5.41, 5.74) is 7.48. The molecule has 0 atom stereocenters. The first kappa shape index (κ1) is 13.1. The first-order chi connectivity index (χ1) is 9.70. The molecule has 0 spiro atoms. The largest absolute Gasteiger partial charge is 0.381 e. The number of carbonyl (C=O) groups is 1. The Labute approximate surface area is 117 Å². The minimum atomic E-state index is 0.0151. The van der Waals surface area contributed by atoms with Crippen molar-refractivity contribution >= 4 is 22.9 Å². The molecule has 1 aromatic heterocycles. The summed E-state index contributed by atoms with van der Waals surface area (Å²) in [6.07, 6.45) is 3.85. The van der Waals surface area contributed by atoms with Crippen LogP contribution in [0.4, 0.5) is 5.95 Å². The van der Waals surface area contributed by atoms with Crippen LogP contribution < -0.4 is 5.73 Å². The Morgan fingerprint density at radius 1 is 1.30 bits per heavy atom. The van der Waals surface area contributed by atoms with Gasteiger partial charge in [0, 0.05) is 13.0 Å². The lowest BCUT2D eigenvalue weighted by atomic mass is 9.86.